The van der Waals surface area contributed by atoms with Crippen molar-refractivity contribution < 1.29 is 9.53 Å². The van der Waals surface area contributed by atoms with Crippen LogP contribution in [0.4, 0.5) is 0 Å². The van der Waals surface area contributed by atoms with Crippen molar-refractivity contribution in [1.82, 2.24) is 19.6 Å². The van der Waals surface area contributed by atoms with E-state index in [0.717, 1.165) is 0 Å². The summed E-state index contributed by atoms with van der Waals surface area (Å²) in [7, 11) is 5.01. The van der Waals surface area contributed by atoms with Gasteiger partial charge in [0.1, 0.15) is 0 Å². The Kier molecular flexibility index (Phi) is 2.71. The zero-order valence-corrected chi connectivity index (χ0v) is 10.3. The van der Waals surface area contributed by atoms with Gasteiger partial charge in [0.2, 0.25) is 5.78 Å². The van der Waals surface area contributed by atoms with Crippen molar-refractivity contribution in [3.8, 4) is 5.75 Å². The van der Waals surface area contributed by atoms with Crippen molar-refractivity contribution in [1.29, 1.82) is 0 Å². The normalized spacial score (nSPS) is 10.6. The van der Waals surface area contributed by atoms with Gasteiger partial charge in [0.05, 0.1) is 24.6 Å². The predicted molar refractivity (Wildman–Crippen MR) is 61.1 cm³/mol. The monoisotopic (exact) mass is 234 g/mol. The van der Waals surface area contributed by atoms with Gasteiger partial charge in [-0.25, -0.2) is 0 Å². The van der Waals surface area contributed by atoms with Crippen LogP contribution in [0.2, 0.25) is 0 Å². The number of carbonyl (C=O) groups excluding carboxylic acids is 1. The molecule has 0 N–H and O–H groups in total. The van der Waals surface area contributed by atoms with Gasteiger partial charge in [0, 0.05) is 20.3 Å². The maximum atomic E-state index is 12.3. The number of ketones is 1. The van der Waals surface area contributed by atoms with Crippen LogP contribution >= 0.6 is 0 Å². The number of aryl methyl sites for hydroxylation is 3. The lowest BCUT2D eigenvalue weighted by atomic mass is 10.1. The molecule has 2 rings (SSSR count). The summed E-state index contributed by atoms with van der Waals surface area (Å²) in [4.78, 5) is 12.3. The summed E-state index contributed by atoms with van der Waals surface area (Å²) < 4.78 is 8.25. The van der Waals surface area contributed by atoms with Crippen molar-refractivity contribution in [2.75, 3.05) is 7.11 Å². The van der Waals surface area contributed by atoms with Crippen LogP contribution in [0.25, 0.3) is 0 Å². The number of carbonyl (C=O) groups is 1. The minimum atomic E-state index is -0.132. The molecule has 0 saturated carbocycles. The Balaban J connectivity index is 2.50. The molecule has 0 aliphatic rings. The van der Waals surface area contributed by atoms with Gasteiger partial charge in [0.15, 0.2) is 11.4 Å². The highest BCUT2D eigenvalue weighted by Crippen LogP contribution is 2.21. The van der Waals surface area contributed by atoms with E-state index in [1.807, 2.05) is 0 Å². The summed E-state index contributed by atoms with van der Waals surface area (Å²) in [6.07, 6.45) is 3.23. The highest BCUT2D eigenvalue weighted by Gasteiger charge is 2.22. The van der Waals surface area contributed by atoms with E-state index in [4.69, 9.17) is 4.74 Å². The third-order valence-electron chi connectivity index (χ3n) is 2.60. The largest absolute Gasteiger partial charge is 0.493 e. The number of aromatic nitrogens is 4. The first-order valence-electron chi connectivity index (χ1n) is 5.15. The molecule has 0 saturated heterocycles. The van der Waals surface area contributed by atoms with Gasteiger partial charge in [-0.2, -0.15) is 10.2 Å². The van der Waals surface area contributed by atoms with Gasteiger partial charge < -0.3 is 4.74 Å². The Morgan fingerprint density at radius 3 is 2.65 bits per heavy atom. The molecular weight excluding hydrogens is 220 g/mol. The summed E-state index contributed by atoms with van der Waals surface area (Å²) in [6, 6.07) is 0. The smallest absolute Gasteiger partial charge is 0.218 e. The van der Waals surface area contributed by atoms with Gasteiger partial charge in [0.25, 0.3) is 0 Å². The molecule has 6 heteroatoms. The van der Waals surface area contributed by atoms with Gasteiger partial charge in [-0.1, -0.05) is 0 Å². The van der Waals surface area contributed by atoms with Crippen LogP contribution in [0.5, 0.6) is 5.75 Å². The topological polar surface area (TPSA) is 61.9 Å². The van der Waals surface area contributed by atoms with Crippen LogP contribution in [-0.4, -0.2) is 32.5 Å². The Hall–Kier alpha value is -2.11. The highest BCUT2D eigenvalue weighted by atomic mass is 16.5. The third-order valence-corrected chi connectivity index (χ3v) is 2.60. The maximum Gasteiger partial charge on any atom is 0.218 e. The average Bonchev–Trinajstić information content (AvgIpc) is 2.80. The fourth-order valence-corrected chi connectivity index (χ4v) is 1.78. The first kappa shape index (κ1) is 11.4. The van der Waals surface area contributed by atoms with Gasteiger partial charge in [-0.05, 0) is 6.92 Å². The lowest BCUT2D eigenvalue weighted by Gasteiger charge is -2.03. The number of methoxy groups -OCH3 is 1. The molecule has 0 radical (unpaired) electrons. The van der Waals surface area contributed by atoms with Crippen LogP contribution in [0, 0.1) is 6.92 Å². The molecular formula is C11H14N4O2. The predicted octanol–water partition coefficient (Wildman–Crippen LogP) is 0.702. The van der Waals surface area contributed by atoms with E-state index < -0.39 is 0 Å². The second-order valence-electron chi connectivity index (χ2n) is 3.82. The zero-order chi connectivity index (χ0) is 12.6. The van der Waals surface area contributed by atoms with Crippen molar-refractivity contribution >= 4 is 5.78 Å². The Labute approximate surface area is 98.8 Å². The molecule has 0 aliphatic carbocycles. The molecule has 0 atom stereocenters. The number of hydrogen-bond donors (Lipinski definition) is 0. The third kappa shape index (κ3) is 1.82. The Morgan fingerprint density at radius 2 is 2.12 bits per heavy atom. The number of nitrogens with zero attached hydrogens (tertiary/aromatic N) is 4. The van der Waals surface area contributed by atoms with Crippen molar-refractivity contribution in [3.05, 3.63) is 29.3 Å². The number of ether oxygens (including phenoxy) is 1. The van der Waals surface area contributed by atoms with Gasteiger partial charge >= 0.3 is 0 Å². The maximum absolute atomic E-state index is 12.3. The summed E-state index contributed by atoms with van der Waals surface area (Å²) in [5.74, 6) is 0.341. The minimum absolute atomic E-state index is 0.132. The average molecular weight is 234 g/mol. The molecule has 0 aliphatic heterocycles. The Morgan fingerprint density at radius 1 is 1.41 bits per heavy atom. The first-order valence-corrected chi connectivity index (χ1v) is 5.15. The summed E-state index contributed by atoms with van der Waals surface area (Å²) in [5, 5.41) is 8.17. The van der Waals surface area contributed by atoms with Crippen LogP contribution in [0.3, 0.4) is 0 Å². The first-order chi connectivity index (χ1) is 8.04. The second-order valence-corrected chi connectivity index (χ2v) is 3.82. The van der Waals surface area contributed by atoms with Gasteiger partial charge in [-0.3, -0.25) is 14.2 Å². The van der Waals surface area contributed by atoms with E-state index in [9.17, 15) is 4.79 Å². The molecule has 0 amide bonds. The van der Waals surface area contributed by atoms with Crippen LogP contribution in [0.1, 0.15) is 21.7 Å². The molecule has 0 bridgehead atoms. The molecule has 17 heavy (non-hydrogen) atoms. The molecule has 0 unspecified atom stereocenters. The molecule has 2 aromatic heterocycles. The minimum Gasteiger partial charge on any atom is -0.493 e. The lowest BCUT2D eigenvalue weighted by Crippen LogP contribution is -2.10. The summed E-state index contributed by atoms with van der Waals surface area (Å²) >= 11 is 0. The molecule has 6 nitrogen and oxygen atoms in total. The van der Waals surface area contributed by atoms with E-state index in [1.54, 1.807) is 31.9 Å². The standard InChI is InChI=1S/C11H14N4O2/c1-7-8(6-14(2)13-7)11(16)10-9(17-4)5-12-15(10)3/h5-6H,1-4H3. The SMILES string of the molecule is COc1cnn(C)c1C(=O)c1cn(C)nc1C. The van der Waals surface area contributed by atoms with Crippen LogP contribution in [0.15, 0.2) is 12.4 Å². The summed E-state index contributed by atoms with van der Waals surface area (Å²) in [5.41, 5.74) is 1.69. The molecule has 0 aromatic carbocycles. The van der Waals surface area contributed by atoms with E-state index >= 15 is 0 Å². The zero-order valence-electron chi connectivity index (χ0n) is 10.3. The highest BCUT2D eigenvalue weighted by molar-refractivity contribution is 6.10. The molecule has 2 aromatic rings. The summed E-state index contributed by atoms with van der Waals surface area (Å²) in [6.45, 7) is 1.80. The fourth-order valence-electron chi connectivity index (χ4n) is 1.78. The lowest BCUT2D eigenvalue weighted by molar-refractivity contribution is 0.102. The molecule has 0 spiro atoms. The van der Waals surface area contributed by atoms with Crippen molar-refractivity contribution in [3.63, 3.8) is 0 Å². The molecule has 2 heterocycles. The van der Waals surface area contributed by atoms with E-state index in [2.05, 4.69) is 10.2 Å². The van der Waals surface area contributed by atoms with E-state index in [-0.39, 0.29) is 5.78 Å². The van der Waals surface area contributed by atoms with Crippen LogP contribution < -0.4 is 4.74 Å². The fraction of sp³-hybridized carbons (Fsp3) is 0.364. The van der Waals surface area contributed by atoms with E-state index in [0.29, 0.717) is 22.7 Å². The molecule has 90 valence electrons. The van der Waals surface area contributed by atoms with Crippen molar-refractivity contribution in [2.45, 2.75) is 6.92 Å². The molecule has 0 fully saturated rings. The van der Waals surface area contributed by atoms with Crippen molar-refractivity contribution in [2.24, 2.45) is 14.1 Å². The number of hydrogen-bond acceptors (Lipinski definition) is 4. The Bertz CT molecular complexity index is 568. The number of rotatable bonds is 3. The van der Waals surface area contributed by atoms with Crippen LogP contribution in [-0.2, 0) is 14.1 Å². The second kappa shape index (κ2) is 4.04. The quantitative estimate of drug-likeness (QED) is 0.733. The van der Waals surface area contributed by atoms with E-state index in [1.165, 1.54) is 18.0 Å². The van der Waals surface area contributed by atoms with Gasteiger partial charge in [-0.15, -0.1) is 0 Å².